The lowest BCUT2D eigenvalue weighted by Crippen LogP contribution is -2.54. The van der Waals surface area contributed by atoms with Crippen LogP contribution in [0.2, 0.25) is 5.02 Å². The highest BCUT2D eigenvalue weighted by Gasteiger charge is 2.41. The van der Waals surface area contributed by atoms with Crippen LogP contribution in [-0.2, 0) is 16.1 Å². The van der Waals surface area contributed by atoms with E-state index in [9.17, 15) is 9.59 Å². The van der Waals surface area contributed by atoms with Crippen LogP contribution in [-0.4, -0.2) is 59.9 Å². The van der Waals surface area contributed by atoms with Crippen molar-refractivity contribution in [3.63, 3.8) is 0 Å². The molecule has 1 aliphatic carbocycles. The number of morpholine rings is 1. The van der Waals surface area contributed by atoms with Crippen molar-refractivity contribution in [1.82, 2.24) is 15.1 Å². The Morgan fingerprint density at radius 2 is 1.72 bits per heavy atom. The second kappa shape index (κ2) is 11.5. The lowest BCUT2D eigenvalue weighted by molar-refractivity contribution is -0.149. The molecule has 0 spiro atoms. The van der Waals surface area contributed by atoms with Crippen molar-refractivity contribution >= 4 is 29.5 Å². The zero-order valence-corrected chi connectivity index (χ0v) is 21.4. The summed E-state index contributed by atoms with van der Waals surface area (Å²) < 4.78 is 6.24. The van der Waals surface area contributed by atoms with E-state index in [4.69, 9.17) is 16.3 Å². The SMILES string of the molecule is O=C(NCCN1CCCC1)c1ccc(/C=C2\OC3CCCCC3N(Cc3ccc(Cl)cc3)C2=O)cc1. The van der Waals surface area contributed by atoms with Crippen molar-refractivity contribution in [2.45, 2.75) is 57.2 Å². The van der Waals surface area contributed by atoms with E-state index in [1.54, 1.807) is 18.2 Å². The fourth-order valence-corrected chi connectivity index (χ4v) is 5.59. The van der Waals surface area contributed by atoms with Gasteiger partial charge in [-0.15, -0.1) is 0 Å². The number of likely N-dealkylation sites (tertiary alicyclic amines) is 1. The first-order valence-corrected chi connectivity index (χ1v) is 13.5. The maximum Gasteiger partial charge on any atom is 0.289 e. The number of amides is 2. The van der Waals surface area contributed by atoms with Crippen molar-refractivity contribution in [2.75, 3.05) is 26.2 Å². The number of benzene rings is 2. The third-order valence-electron chi connectivity index (χ3n) is 7.47. The van der Waals surface area contributed by atoms with Gasteiger partial charge >= 0.3 is 0 Å². The molecule has 0 aromatic heterocycles. The highest BCUT2D eigenvalue weighted by molar-refractivity contribution is 6.30. The fraction of sp³-hybridized carbons (Fsp3) is 0.448. The molecule has 2 aromatic carbocycles. The zero-order valence-electron chi connectivity index (χ0n) is 20.6. The largest absolute Gasteiger partial charge is 0.482 e. The lowest BCUT2D eigenvalue weighted by Gasteiger charge is -2.44. The van der Waals surface area contributed by atoms with Gasteiger partial charge in [0, 0.05) is 30.2 Å². The van der Waals surface area contributed by atoms with Crippen LogP contribution in [0.4, 0.5) is 0 Å². The van der Waals surface area contributed by atoms with E-state index >= 15 is 0 Å². The Morgan fingerprint density at radius 3 is 2.47 bits per heavy atom. The third-order valence-corrected chi connectivity index (χ3v) is 7.72. The topological polar surface area (TPSA) is 61.9 Å². The van der Waals surface area contributed by atoms with Crippen LogP contribution < -0.4 is 5.32 Å². The monoisotopic (exact) mass is 507 g/mol. The average molecular weight is 508 g/mol. The molecular weight excluding hydrogens is 474 g/mol. The van der Waals surface area contributed by atoms with Gasteiger partial charge in [0.1, 0.15) is 6.10 Å². The fourth-order valence-electron chi connectivity index (χ4n) is 5.47. The van der Waals surface area contributed by atoms with Crippen molar-refractivity contribution in [2.24, 2.45) is 0 Å². The Kier molecular flexibility index (Phi) is 7.93. The molecular formula is C29H34ClN3O3. The Morgan fingerprint density at radius 1 is 1.00 bits per heavy atom. The molecule has 2 atom stereocenters. The maximum atomic E-state index is 13.5. The van der Waals surface area contributed by atoms with Crippen molar-refractivity contribution in [1.29, 1.82) is 0 Å². The molecule has 36 heavy (non-hydrogen) atoms. The second-order valence-electron chi connectivity index (χ2n) is 10.0. The first-order valence-electron chi connectivity index (χ1n) is 13.1. The van der Waals surface area contributed by atoms with Gasteiger partial charge in [0.2, 0.25) is 0 Å². The number of carbonyl (C=O) groups excluding carboxylic acids is 2. The second-order valence-corrected chi connectivity index (χ2v) is 10.4. The number of ether oxygens (including phenoxy) is 1. The van der Waals surface area contributed by atoms with Gasteiger partial charge in [0.25, 0.3) is 11.8 Å². The van der Waals surface area contributed by atoms with Crippen molar-refractivity contribution < 1.29 is 14.3 Å². The Balaban J connectivity index is 1.26. The molecule has 3 fully saturated rings. The summed E-state index contributed by atoms with van der Waals surface area (Å²) in [6, 6.07) is 15.1. The molecule has 1 N–H and O–H groups in total. The van der Waals surface area contributed by atoms with Gasteiger partial charge in [-0.1, -0.05) is 42.3 Å². The number of rotatable bonds is 7. The summed E-state index contributed by atoms with van der Waals surface area (Å²) in [7, 11) is 0. The molecule has 190 valence electrons. The summed E-state index contributed by atoms with van der Waals surface area (Å²) in [6.07, 6.45) is 8.43. The minimum absolute atomic E-state index is 0.00987. The molecule has 2 heterocycles. The van der Waals surface area contributed by atoms with Crippen LogP contribution in [0, 0.1) is 0 Å². The van der Waals surface area contributed by atoms with E-state index in [-0.39, 0.29) is 24.0 Å². The number of hydrogen-bond acceptors (Lipinski definition) is 4. The van der Waals surface area contributed by atoms with Gasteiger partial charge in [0.05, 0.1) is 6.04 Å². The Bertz CT molecular complexity index is 1090. The summed E-state index contributed by atoms with van der Waals surface area (Å²) in [5, 5.41) is 3.69. The van der Waals surface area contributed by atoms with Crippen LogP contribution in [0.1, 0.15) is 60.0 Å². The first kappa shape index (κ1) is 24.8. The summed E-state index contributed by atoms with van der Waals surface area (Å²) in [4.78, 5) is 30.4. The standard InChI is InChI=1S/C29H34ClN3O3/c30-24-13-9-22(10-14-24)20-33-25-5-1-2-6-26(25)36-27(29(33)35)19-21-7-11-23(12-8-21)28(34)31-15-18-32-16-3-4-17-32/h7-14,19,25-26H,1-6,15-18,20H2,(H,31,34)/b27-19-. The number of nitrogens with zero attached hydrogens (tertiary/aromatic N) is 2. The molecule has 2 unspecified atom stereocenters. The average Bonchev–Trinajstić information content (AvgIpc) is 3.42. The molecule has 7 heteroatoms. The summed E-state index contributed by atoms with van der Waals surface area (Å²) >= 11 is 6.05. The number of fused-ring (bicyclic) bond motifs is 1. The first-order chi connectivity index (χ1) is 17.6. The molecule has 2 aliphatic heterocycles. The molecule has 6 nitrogen and oxygen atoms in total. The van der Waals surface area contributed by atoms with E-state index in [1.807, 2.05) is 41.3 Å². The van der Waals surface area contributed by atoms with Crippen LogP contribution in [0.15, 0.2) is 54.3 Å². The normalized spacial score (nSPS) is 23.4. The van der Waals surface area contributed by atoms with Gasteiger partial charge in [0.15, 0.2) is 5.76 Å². The number of carbonyl (C=O) groups is 2. The van der Waals surface area contributed by atoms with Crippen LogP contribution >= 0.6 is 11.6 Å². The quantitative estimate of drug-likeness (QED) is 0.543. The molecule has 2 amide bonds. The minimum atomic E-state index is -0.0863. The lowest BCUT2D eigenvalue weighted by atomic mass is 9.89. The molecule has 5 rings (SSSR count). The molecule has 1 saturated carbocycles. The predicted molar refractivity (Wildman–Crippen MR) is 142 cm³/mol. The van der Waals surface area contributed by atoms with Crippen LogP contribution in [0.25, 0.3) is 6.08 Å². The highest BCUT2D eigenvalue weighted by atomic mass is 35.5. The van der Waals surface area contributed by atoms with Crippen LogP contribution in [0.3, 0.4) is 0 Å². The Hall–Kier alpha value is -2.83. The van der Waals surface area contributed by atoms with Gasteiger partial charge in [-0.25, -0.2) is 0 Å². The smallest absolute Gasteiger partial charge is 0.289 e. The number of nitrogens with one attached hydrogen (secondary N) is 1. The molecule has 2 aromatic rings. The van der Waals surface area contributed by atoms with Gasteiger partial charge < -0.3 is 19.9 Å². The highest BCUT2D eigenvalue weighted by Crippen LogP contribution is 2.34. The van der Waals surface area contributed by atoms with E-state index in [2.05, 4.69) is 10.2 Å². The number of hydrogen-bond donors (Lipinski definition) is 1. The molecule has 2 saturated heterocycles. The van der Waals surface area contributed by atoms with Gasteiger partial charge in [-0.3, -0.25) is 9.59 Å². The van der Waals surface area contributed by atoms with Crippen LogP contribution in [0.5, 0.6) is 0 Å². The van der Waals surface area contributed by atoms with E-state index in [1.165, 1.54) is 12.8 Å². The molecule has 0 radical (unpaired) electrons. The van der Waals surface area contributed by atoms with Crippen molar-refractivity contribution in [3.05, 3.63) is 76.0 Å². The summed E-state index contributed by atoms with van der Waals surface area (Å²) in [6.45, 7) is 4.33. The minimum Gasteiger partial charge on any atom is -0.482 e. The maximum absolute atomic E-state index is 13.5. The summed E-state index contributed by atoms with van der Waals surface area (Å²) in [5.74, 6) is 0.212. The van der Waals surface area contributed by atoms with E-state index < -0.39 is 0 Å². The van der Waals surface area contributed by atoms with Gasteiger partial charge in [-0.05, 0) is 86.7 Å². The van der Waals surface area contributed by atoms with E-state index in [0.29, 0.717) is 29.4 Å². The summed E-state index contributed by atoms with van der Waals surface area (Å²) in [5.41, 5.74) is 2.51. The van der Waals surface area contributed by atoms with Crippen molar-refractivity contribution in [3.8, 4) is 0 Å². The predicted octanol–water partition coefficient (Wildman–Crippen LogP) is 4.88. The number of halogens is 1. The molecule has 0 bridgehead atoms. The zero-order chi connectivity index (χ0) is 24.9. The van der Waals surface area contributed by atoms with E-state index in [0.717, 1.165) is 56.4 Å². The van der Waals surface area contributed by atoms with Gasteiger partial charge in [-0.2, -0.15) is 0 Å². The third kappa shape index (κ3) is 5.93. The molecule has 3 aliphatic rings. The Labute approximate surface area is 218 Å².